The monoisotopic (exact) mass is 480 g/mol. The third-order valence-electron chi connectivity index (χ3n) is 7.03. The van der Waals surface area contributed by atoms with Gasteiger partial charge < -0.3 is 15.0 Å². The van der Waals surface area contributed by atoms with Crippen LogP contribution < -0.4 is 10.1 Å². The zero-order valence-corrected chi connectivity index (χ0v) is 21.4. The number of hydrogen-bond donors (Lipinski definition) is 1. The minimum Gasteiger partial charge on any atom is -0.482 e. The summed E-state index contributed by atoms with van der Waals surface area (Å²) in [5, 5.41) is 3.48. The van der Waals surface area contributed by atoms with E-state index in [2.05, 4.69) is 17.3 Å². The summed E-state index contributed by atoms with van der Waals surface area (Å²) in [4.78, 5) is 15.4. The highest BCUT2D eigenvalue weighted by Crippen LogP contribution is 2.43. The second kappa shape index (κ2) is 9.96. The van der Waals surface area contributed by atoms with Crippen molar-refractivity contribution in [1.82, 2.24) is 10.2 Å². The summed E-state index contributed by atoms with van der Waals surface area (Å²) in [7, 11) is -2.35. The molecule has 1 amide bonds. The van der Waals surface area contributed by atoms with Crippen LogP contribution in [0.15, 0.2) is 53.4 Å². The first kappa shape index (κ1) is 24.6. The number of rotatable bonds is 6. The molecule has 2 atom stereocenters. The number of nitrogens with zero attached hydrogens (tertiary/aromatic N) is 1. The summed E-state index contributed by atoms with van der Waals surface area (Å²) in [6, 6.07) is 13.7. The number of nitrogens with one attached hydrogen (secondary N) is 1. The molecule has 1 fully saturated rings. The lowest BCUT2D eigenvalue weighted by Gasteiger charge is -2.37. The third-order valence-corrected chi connectivity index (χ3v) is 9.08. The Kier molecular flexibility index (Phi) is 7.20. The quantitative estimate of drug-likeness (QED) is 0.614. The molecule has 1 N–H and O–H groups in total. The Hall–Kier alpha value is -2.57. The molecule has 2 aliphatic rings. The van der Waals surface area contributed by atoms with Crippen molar-refractivity contribution in [3.63, 3.8) is 0 Å². The van der Waals surface area contributed by atoms with Gasteiger partial charge in [0.05, 0.1) is 0 Å². The molecule has 2 aromatic carbocycles. The van der Waals surface area contributed by atoms with E-state index in [1.54, 1.807) is 0 Å². The number of fused-ring (bicyclic) bond motifs is 1. The fourth-order valence-electron chi connectivity index (χ4n) is 4.83. The van der Waals surface area contributed by atoms with Crippen LogP contribution in [0.3, 0.4) is 0 Å². The maximum absolute atomic E-state index is 13.0. The molecule has 0 radical (unpaired) electrons. The van der Waals surface area contributed by atoms with Crippen LogP contribution >= 0.6 is 0 Å². The van der Waals surface area contributed by atoms with Gasteiger partial charge in [-0.15, -0.1) is 0 Å². The van der Waals surface area contributed by atoms with Crippen LogP contribution in [0.2, 0.25) is 0 Å². The van der Waals surface area contributed by atoms with Gasteiger partial charge in [0.1, 0.15) is 11.4 Å². The summed E-state index contributed by atoms with van der Waals surface area (Å²) < 4.78 is 19.7. The second-order valence-electron chi connectivity index (χ2n) is 9.14. The first-order chi connectivity index (χ1) is 16.3. The summed E-state index contributed by atoms with van der Waals surface area (Å²) in [6.07, 6.45) is 5.11. The summed E-state index contributed by atoms with van der Waals surface area (Å²) >= 11 is 0. The zero-order chi connectivity index (χ0) is 24.3. The molecular formula is C28H36N2O3S. The predicted molar refractivity (Wildman–Crippen MR) is 141 cm³/mol. The van der Waals surface area contributed by atoms with Crippen LogP contribution in [0.4, 0.5) is 0 Å². The van der Waals surface area contributed by atoms with Gasteiger partial charge in [-0.25, -0.2) is 0 Å². The molecule has 2 heterocycles. The lowest BCUT2D eigenvalue weighted by Crippen LogP contribution is -2.37. The lowest BCUT2D eigenvalue weighted by atomic mass is 9.84. The molecule has 182 valence electrons. The highest BCUT2D eigenvalue weighted by Gasteiger charge is 2.36. The van der Waals surface area contributed by atoms with Gasteiger partial charge >= 0.3 is 0 Å². The van der Waals surface area contributed by atoms with E-state index in [-0.39, 0.29) is 11.5 Å². The van der Waals surface area contributed by atoms with Crippen molar-refractivity contribution in [2.24, 2.45) is 0 Å². The number of carbonyl (C=O) groups excluding carboxylic acids is 1. The van der Waals surface area contributed by atoms with E-state index in [9.17, 15) is 9.00 Å². The van der Waals surface area contributed by atoms with E-state index in [0.717, 1.165) is 59.7 Å². The molecule has 2 unspecified atom stereocenters. The largest absolute Gasteiger partial charge is 0.482 e. The molecule has 0 aliphatic carbocycles. The molecule has 2 aromatic rings. The Morgan fingerprint density at radius 3 is 2.50 bits per heavy atom. The molecule has 5 nitrogen and oxygen atoms in total. The van der Waals surface area contributed by atoms with Crippen LogP contribution in [0.25, 0.3) is 5.57 Å². The number of carbonyl (C=O) groups is 1. The van der Waals surface area contributed by atoms with Gasteiger partial charge in [-0.1, -0.05) is 19.1 Å². The topological polar surface area (TPSA) is 58.6 Å². The zero-order valence-electron chi connectivity index (χ0n) is 20.6. The van der Waals surface area contributed by atoms with E-state index in [1.165, 1.54) is 0 Å². The number of amides is 1. The molecule has 1 spiro atoms. The normalized spacial score (nSPS) is 21.6. The van der Waals surface area contributed by atoms with E-state index < -0.39 is 9.52 Å². The molecule has 0 bridgehead atoms. The molecule has 0 aromatic heterocycles. The SMILES string of the molecule is C=S(=O)(CC)c1ccc2c(c1)C(c1ccc(C(=O)N(CC)CC)cc1)=CC1(CCCNCC1)O2. The van der Waals surface area contributed by atoms with Crippen molar-refractivity contribution < 1.29 is 13.7 Å². The average Bonchev–Trinajstić information content (AvgIpc) is 3.09. The number of ether oxygens (including phenoxy) is 1. The molecule has 6 heteroatoms. The van der Waals surface area contributed by atoms with Crippen molar-refractivity contribution in [3.05, 3.63) is 65.2 Å². The van der Waals surface area contributed by atoms with Crippen molar-refractivity contribution in [1.29, 1.82) is 0 Å². The molecule has 1 saturated heterocycles. The van der Waals surface area contributed by atoms with Crippen molar-refractivity contribution >= 4 is 26.9 Å². The first-order valence-electron chi connectivity index (χ1n) is 12.3. The highest BCUT2D eigenvalue weighted by atomic mass is 32.2. The van der Waals surface area contributed by atoms with E-state index in [1.807, 2.05) is 68.1 Å². The van der Waals surface area contributed by atoms with Crippen molar-refractivity contribution in [2.75, 3.05) is 31.9 Å². The number of benzene rings is 2. The predicted octanol–water partition coefficient (Wildman–Crippen LogP) is 4.60. The fraction of sp³-hybridized carbons (Fsp3) is 0.429. The second-order valence-corrected chi connectivity index (χ2v) is 11.8. The fourth-order valence-corrected chi connectivity index (χ4v) is 5.81. The molecule has 0 saturated carbocycles. The Morgan fingerprint density at radius 2 is 1.82 bits per heavy atom. The van der Waals surface area contributed by atoms with E-state index in [0.29, 0.717) is 24.4 Å². The lowest BCUT2D eigenvalue weighted by molar-refractivity contribution is 0.0773. The van der Waals surface area contributed by atoms with E-state index in [4.69, 9.17) is 4.74 Å². The van der Waals surface area contributed by atoms with Crippen molar-refractivity contribution in [3.8, 4) is 5.75 Å². The highest BCUT2D eigenvalue weighted by molar-refractivity contribution is 8.00. The molecule has 34 heavy (non-hydrogen) atoms. The Bertz CT molecular complexity index is 1170. The van der Waals surface area contributed by atoms with Gasteiger partial charge in [0.2, 0.25) is 0 Å². The maximum atomic E-state index is 13.0. The van der Waals surface area contributed by atoms with E-state index >= 15 is 0 Å². The van der Waals surface area contributed by atoms with Crippen LogP contribution in [-0.2, 0) is 9.52 Å². The van der Waals surface area contributed by atoms with Gasteiger partial charge in [-0.2, -0.15) is 0 Å². The van der Waals surface area contributed by atoms with Gasteiger partial charge in [0.25, 0.3) is 5.91 Å². The van der Waals surface area contributed by atoms with Gasteiger partial charge in [0, 0.05) is 41.3 Å². The third kappa shape index (κ3) is 4.80. The van der Waals surface area contributed by atoms with Gasteiger partial charge in [0.15, 0.2) is 0 Å². The smallest absolute Gasteiger partial charge is 0.253 e. The summed E-state index contributed by atoms with van der Waals surface area (Å²) in [5.41, 5.74) is 3.35. The number of hydrogen-bond acceptors (Lipinski definition) is 4. The summed E-state index contributed by atoms with van der Waals surface area (Å²) in [5.74, 6) is 5.34. The minimum absolute atomic E-state index is 0.0475. The van der Waals surface area contributed by atoms with Crippen molar-refractivity contribution in [2.45, 2.75) is 50.5 Å². The van der Waals surface area contributed by atoms with Crippen LogP contribution in [0, 0.1) is 0 Å². The first-order valence-corrected chi connectivity index (χ1v) is 14.2. The standard InChI is InChI=1S/C28H36N2O3S/c1-5-30(6-2)27(31)22-11-9-21(10-12-22)25-20-28(15-8-17-29-18-16-28)33-26-14-13-23(19-24(25)26)34(4,32)7-3/h9-14,19-20,29H,4-8,15-18H2,1-3H3. The molecule has 4 rings (SSSR count). The average molecular weight is 481 g/mol. The minimum atomic E-state index is -2.35. The van der Waals surface area contributed by atoms with Crippen LogP contribution in [0.1, 0.15) is 61.5 Å². The van der Waals surface area contributed by atoms with Gasteiger partial charge in [-0.3, -0.25) is 9.00 Å². The van der Waals surface area contributed by atoms with Crippen LogP contribution in [-0.4, -0.2) is 58.4 Å². The molecule has 2 aliphatic heterocycles. The Morgan fingerprint density at radius 1 is 1.09 bits per heavy atom. The van der Waals surface area contributed by atoms with Gasteiger partial charge in [-0.05, 0) is 103 Å². The van der Waals surface area contributed by atoms with Crippen LogP contribution in [0.5, 0.6) is 5.75 Å². The maximum Gasteiger partial charge on any atom is 0.253 e. The Labute approximate surface area is 204 Å². The summed E-state index contributed by atoms with van der Waals surface area (Å²) in [6.45, 7) is 9.16. The Balaban J connectivity index is 1.80. The molecular weight excluding hydrogens is 444 g/mol.